The van der Waals surface area contributed by atoms with Crippen molar-refractivity contribution in [2.75, 3.05) is 57.4 Å². The molecule has 0 saturated carbocycles. The Morgan fingerprint density at radius 2 is 0.387 bits per heavy atom. The van der Waals surface area contributed by atoms with Crippen LogP contribution in [0.25, 0.3) is 33.4 Å². The van der Waals surface area contributed by atoms with Gasteiger partial charge in [-0.2, -0.15) is 0 Å². The van der Waals surface area contributed by atoms with Crippen LogP contribution >= 0.6 is 0 Å². The summed E-state index contributed by atoms with van der Waals surface area (Å²) in [5.74, 6) is 4.63. The van der Waals surface area contributed by atoms with Crippen LogP contribution in [0.15, 0.2) is 237 Å². The van der Waals surface area contributed by atoms with Gasteiger partial charge in [0.25, 0.3) is 0 Å². The van der Waals surface area contributed by atoms with E-state index in [9.17, 15) is 0 Å². The molecule has 372 valence electrons. The van der Waals surface area contributed by atoms with E-state index in [0.717, 1.165) is 119 Å². The Labute approximate surface area is 439 Å². The zero-order valence-electron chi connectivity index (χ0n) is 42.8. The van der Waals surface area contributed by atoms with Crippen LogP contribution in [0.1, 0.15) is 0 Å². The highest BCUT2D eigenvalue weighted by Gasteiger charge is 2.24. The Hall–Kier alpha value is -9.60. The van der Waals surface area contributed by atoms with Crippen molar-refractivity contribution >= 4 is 51.2 Å². The summed E-state index contributed by atoms with van der Waals surface area (Å²) < 4.78 is 33.8. The van der Waals surface area contributed by atoms with Gasteiger partial charge in [0.15, 0.2) is 0 Å². The lowest BCUT2D eigenvalue weighted by Crippen LogP contribution is -2.12. The fourth-order valence-electron chi connectivity index (χ4n) is 9.50. The van der Waals surface area contributed by atoms with E-state index < -0.39 is 0 Å². The average Bonchev–Trinajstić information content (AvgIpc) is 3.48. The van der Waals surface area contributed by atoms with Crippen LogP contribution in [-0.2, 0) is 0 Å². The first-order valence-corrected chi connectivity index (χ1v) is 24.6. The molecule has 0 fully saturated rings. The molecular weight excluding hydrogens is 931 g/mol. The van der Waals surface area contributed by atoms with E-state index in [2.05, 4.69) is 178 Å². The lowest BCUT2D eigenvalue weighted by molar-refractivity contribution is 0.414. The molecule has 0 amide bonds. The summed E-state index contributed by atoms with van der Waals surface area (Å²) in [6.45, 7) is 0. The number of anilines is 9. The van der Waals surface area contributed by atoms with E-state index in [4.69, 9.17) is 28.4 Å². The second-order valence-corrected chi connectivity index (χ2v) is 17.5. The van der Waals surface area contributed by atoms with E-state index in [-0.39, 0.29) is 0 Å². The van der Waals surface area contributed by atoms with Crippen molar-refractivity contribution in [3.8, 4) is 67.9 Å². The zero-order chi connectivity index (χ0) is 51.7. The highest BCUT2D eigenvalue weighted by Crippen LogP contribution is 2.49. The molecule has 0 unspecified atom stereocenters. The van der Waals surface area contributed by atoms with E-state index >= 15 is 0 Å². The van der Waals surface area contributed by atoms with Gasteiger partial charge in [0, 0.05) is 50.8 Å². The quantitative estimate of drug-likeness (QED) is 0.0836. The van der Waals surface area contributed by atoms with E-state index in [1.165, 1.54) is 0 Å². The van der Waals surface area contributed by atoms with Gasteiger partial charge in [0.2, 0.25) is 0 Å². The van der Waals surface area contributed by atoms with Crippen molar-refractivity contribution in [3.05, 3.63) is 237 Å². The molecule has 10 aromatic rings. The number of rotatable bonds is 18. The number of nitrogens with zero attached hydrogens (tertiary/aromatic N) is 3. The Balaban J connectivity index is 1.24. The molecule has 9 heteroatoms. The number of ether oxygens (including phenoxy) is 6. The van der Waals surface area contributed by atoms with Gasteiger partial charge in [0.1, 0.15) is 34.5 Å². The summed E-state index contributed by atoms with van der Waals surface area (Å²) >= 11 is 0. The molecule has 0 heterocycles. The van der Waals surface area contributed by atoms with Gasteiger partial charge in [-0.1, -0.05) is 54.6 Å². The molecule has 0 atom stereocenters. The van der Waals surface area contributed by atoms with Crippen molar-refractivity contribution < 1.29 is 28.4 Å². The summed E-state index contributed by atoms with van der Waals surface area (Å²) in [6, 6.07) is 81.8. The van der Waals surface area contributed by atoms with Gasteiger partial charge in [-0.15, -0.1) is 0 Å². The lowest BCUT2D eigenvalue weighted by Gasteiger charge is -2.30. The van der Waals surface area contributed by atoms with E-state index in [0.29, 0.717) is 0 Å². The molecule has 0 N–H and O–H groups in total. The summed E-state index contributed by atoms with van der Waals surface area (Å²) in [6.07, 6.45) is 0. The predicted octanol–water partition coefficient (Wildman–Crippen LogP) is 17.1. The van der Waals surface area contributed by atoms with Gasteiger partial charge in [0.05, 0.1) is 59.7 Å². The first-order chi connectivity index (χ1) is 36.9. The number of para-hydroxylation sites is 3. The average molecular weight is 988 g/mol. The summed E-state index contributed by atoms with van der Waals surface area (Å²) in [5.41, 5.74) is 14.8. The maximum atomic E-state index is 5.64. The highest BCUT2D eigenvalue weighted by molar-refractivity contribution is 5.97. The SMILES string of the molecule is COc1ccc(N(c2ccc(OC)cc2)c2ccccc2-c2cc(-c3ccccc3N(c3ccc(OC)cc3)c3ccc(OC)cc3)cc(-c3ccccc3N(c3ccc(OC)cc3)c3ccc(OC)cc3)c2)cc1. The smallest absolute Gasteiger partial charge is 0.119 e. The summed E-state index contributed by atoms with van der Waals surface area (Å²) in [7, 11) is 10.1. The third-order valence-electron chi connectivity index (χ3n) is 13.3. The minimum Gasteiger partial charge on any atom is -0.497 e. The Bertz CT molecular complexity index is 2970. The maximum Gasteiger partial charge on any atom is 0.119 e. The molecule has 9 nitrogen and oxygen atoms in total. The summed E-state index contributed by atoms with van der Waals surface area (Å²) in [5, 5.41) is 0. The second kappa shape index (κ2) is 22.4. The van der Waals surface area contributed by atoms with Gasteiger partial charge in [-0.05, 0) is 199 Å². The minimum absolute atomic E-state index is 0.771. The Morgan fingerprint density at radius 3 is 0.560 bits per heavy atom. The third-order valence-corrected chi connectivity index (χ3v) is 13.3. The molecule has 0 aromatic heterocycles. The molecular formula is C66H57N3O6. The lowest BCUT2D eigenvalue weighted by atomic mass is 9.90. The van der Waals surface area contributed by atoms with Gasteiger partial charge in [-0.3, -0.25) is 0 Å². The minimum atomic E-state index is 0.771. The molecule has 0 spiro atoms. The molecule has 0 aliphatic rings. The van der Waals surface area contributed by atoms with Crippen molar-refractivity contribution in [1.82, 2.24) is 0 Å². The molecule has 0 radical (unpaired) electrons. The van der Waals surface area contributed by atoms with E-state index in [1.54, 1.807) is 42.7 Å². The first-order valence-electron chi connectivity index (χ1n) is 24.6. The molecule has 0 bridgehead atoms. The predicted molar refractivity (Wildman–Crippen MR) is 306 cm³/mol. The Kier molecular flexibility index (Phi) is 14.7. The van der Waals surface area contributed by atoms with Crippen LogP contribution in [-0.4, -0.2) is 42.7 Å². The van der Waals surface area contributed by atoms with Crippen LogP contribution < -0.4 is 43.1 Å². The number of hydrogen-bond donors (Lipinski definition) is 0. The van der Waals surface area contributed by atoms with Crippen LogP contribution in [0.2, 0.25) is 0 Å². The van der Waals surface area contributed by atoms with Crippen LogP contribution in [0.4, 0.5) is 51.2 Å². The van der Waals surface area contributed by atoms with Crippen molar-refractivity contribution in [1.29, 1.82) is 0 Å². The van der Waals surface area contributed by atoms with Crippen LogP contribution in [0.5, 0.6) is 34.5 Å². The fourth-order valence-corrected chi connectivity index (χ4v) is 9.50. The van der Waals surface area contributed by atoms with Gasteiger partial charge in [-0.25, -0.2) is 0 Å². The van der Waals surface area contributed by atoms with Crippen LogP contribution in [0, 0.1) is 0 Å². The number of methoxy groups -OCH3 is 6. The first kappa shape index (κ1) is 49.0. The normalized spacial score (nSPS) is 10.8. The topological polar surface area (TPSA) is 65.1 Å². The third kappa shape index (κ3) is 10.4. The molecule has 10 aromatic carbocycles. The highest BCUT2D eigenvalue weighted by atomic mass is 16.5. The van der Waals surface area contributed by atoms with Crippen molar-refractivity contribution in [3.63, 3.8) is 0 Å². The molecule has 75 heavy (non-hydrogen) atoms. The van der Waals surface area contributed by atoms with Gasteiger partial charge >= 0.3 is 0 Å². The van der Waals surface area contributed by atoms with Gasteiger partial charge < -0.3 is 43.1 Å². The Morgan fingerprint density at radius 1 is 0.213 bits per heavy atom. The van der Waals surface area contributed by atoms with Crippen molar-refractivity contribution in [2.45, 2.75) is 0 Å². The largest absolute Gasteiger partial charge is 0.497 e. The maximum absolute atomic E-state index is 5.64. The zero-order valence-corrected chi connectivity index (χ0v) is 42.8. The number of benzene rings is 10. The summed E-state index contributed by atoms with van der Waals surface area (Å²) in [4.78, 5) is 6.85. The molecule has 10 rings (SSSR count). The fraction of sp³-hybridized carbons (Fsp3) is 0.0909. The van der Waals surface area contributed by atoms with Crippen molar-refractivity contribution in [2.24, 2.45) is 0 Å². The van der Waals surface area contributed by atoms with Crippen LogP contribution in [0.3, 0.4) is 0 Å². The standard InChI is InChI=1S/C66H57N3O6/c1-70-55-31-19-49(20-32-55)67(50-21-33-56(71-2)34-22-50)64-16-10-7-13-61(64)46-43-47(62-14-8-11-17-65(62)68(51-23-35-57(72-3)36-24-51)52-25-37-58(73-4)38-26-52)45-48(44-46)63-15-9-12-18-66(63)69(53-27-39-59(74-5)40-28-53)54-29-41-60(75-6)42-30-54/h7-45H,1-6H3. The molecule has 0 saturated heterocycles. The van der Waals surface area contributed by atoms with E-state index in [1.807, 2.05) is 72.8 Å². The number of hydrogen-bond acceptors (Lipinski definition) is 9. The molecule has 0 aliphatic carbocycles. The second-order valence-electron chi connectivity index (χ2n) is 17.5. The molecule has 0 aliphatic heterocycles. The monoisotopic (exact) mass is 987 g/mol.